The Labute approximate surface area is 80.6 Å². The van der Waals surface area contributed by atoms with Gasteiger partial charge in [-0.3, -0.25) is 9.35 Å². The largest absolute Gasteiger partial charge is 0.481 e. The number of hydrogen-bond acceptors (Lipinski definition) is 5. The van der Waals surface area contributed by atoms with Gasteiger partial charge in [0.15, 0.2) is 0 Å². The molecule has 0 heterocycles. The maximum Gasteiger partial charge on any atom is 0.397 e. The van der Waals surface area contributed by atoms with Crippen LogP contribution in [0.1, 0.15) is 6.42 Å². The summed E-state index contributed by atoms with van der Waals surface area (Å²) in [5.74, 6) is -1.38. The highest BCUT2D eigenvalue weighted by molar-refractivity contribution is 7.80. The quantitative estimate of drug-likeness (QED) is 0.400. The number of carbonyl (C=O) groups is 1. The highest BCUT2D eigenvalue weighted by Gasteiger charge is 2.25. The summed E-state index contributed by atoms with van der Waals surface area (Å²) in [6.07, 6.45) is -2.95. The van der Waals surface area contributed by atoms with E-state index in [-0.39, 0.29) is 0 Å². The van der Waals surface area contributed by atoms with Crippen molar-refractivity contribution >= 4 is 16.4 Å². The summed E-state index contributed by atoms with van der Waals surface area (Å²) in [5.41, 5.74) is 0. The number of aliphatic carboxylic acids is 1. The SMILES string of the molecule is C=CC(O)C(CC(=O)O)OS(=O)(=O)O. The zero-order valence-electron chi connectivity index (χ0n) is 7.03. The first-order valence-corrected chi connectivity index (χ1v) is 4.81. The Bertz CT molecular complexity index is 306. The molecule has 0 rings (SSSR count). The van der Waals surface area contributed by atoms with Crippen molar-refractivity contribution in [2.24, 2.45) is 0 Å². The predicted octanol–water partition coefficient (Wildman–Crippen LogP) is -0.804. The van der Waals surface area contributed by atoms with E-state index >= 15 is 0 Å². The van der Waals surface area contributed by atoms with Gasteiger partial charge in [-0.15, -0.1) is 6.58 Å². The van der Waals surface area contributed by atoms with Gasteiger partial charge in [-0.25, -0.2) is 4.18 Å². The van der Waals surface area contributed by atoms with E-state index in [1.54, 1.807) is 0 Å². The molecule has 82 valence electrons. The zero-order valence-corrected chi connectivity index (χ0v) is 7.85. The number of aliphatic hydroxyl groups excluding tert-OH is 1. The van der Waals surface area contributed by atoms with E-state index in [0.29, 0.717) is 0 Å². The Morgan fingerprint density at radius 1 is 1.57 bits per heavy atom. The maximum atomic E-state index is 10.2. The van der Waals surface area contributed by atoms with E-state index in [1.165, 1.54) is 0 Å². The first kappa shape index (κ1) is 13.0. The van der Waals surface area contributed by atoms with Gasteiger partial charge in [-0.1, -0.05) is 6.08 Å². The monoisotopic (exact) mass is 226 g/mol. The van der Waals surface area contributed by atoms with Gasteiger partial charge < -0.3 is 10.2 Å². The molecule has 0 radical (unpaired) electrons. The Morgan fingerprint density at radius 3 is 2.36 bits per heavy atom. The molecule has 0 fully saturated rings. The van der Waals surface area contributed by atoms with Crippen LogP contribution in [0.5, 0.6) is 0 Å². The van der Waals surface area contributed by atoms with Crippen LogP contribution in [0, 0.1) is 0 Å². The second-order valence-electron chi connectivity index (χ2n) is 2.39. The number of carboxylic acids is 1. The van der Waals surface area contributed by atoms with Gasteiger partial charge in [0.2, 0.25) is 0 Å². The lowest BCUT2D eigenvalue weighted by molar-refractivity contribution is -0.139. The molecule has 0 aromatic heterocycles. The van der Waals surface area contributed by atoms with Crippen molar-refractivity contribution in [3.63, 3.8) is 0 Å². The highest BCUT2D eigenvalue weighted by Crippen LogP contribution is 2.08. The molecule has 0 spiro atoms. The lowest BCUT2D eigenvalue weighted by Gasteiger charge is -2.16. The van der Waals surface area contributed by atoms with Crippen molar-refractivity contribution in [3.05, 3.63) is 12.7 Å². The standard InChI is InChI=1S/C6H10O7S/c1-2-4(7)5(3-6(8)9)13-14(10,11)12/h2,4-5,7H,1,3H2,(H,8,9)(H,10,11,12). The van der Waals surface area contributed by atoms with E-state index in [2.05, 4.69) is 10.8 Å². The molecule has 0 amide bonds. The van der Waals surface area contributed by atoms with Gasteiger partial charge >= 0.3 is 16.4 Å². The molecule has 14 heavy (non-hydrogen) atoms. The van der Waals surface area contributed by atoms with Gasteiger partial charge in [-0.05, 0) is 0 Å². The summed E-state index contributed by atoms with van der Waals surface area (Å²) in [4.78, 5) is 10.2. The summed E-state index contributed by atoms with van der Waals surface area (Å²) in [5, 5.41) is 17.4. The van der Waals surface area contributed by atoms with Crippen molar-refractivity contribution in [2.75, 3.05) is 0 Å². The van der Waals surface area contributed by atoms with E-state index in [9.17, 15) is 13.2 Å². The summed E-state index contributed by atoms with van der Waals surface area (Å²) in [6, 6.07) is 0. The van der Waals surface area contributed by atoms with Crippen molar-refractivity contribution in [2.45, 2.75) is 18.6 Å². The summed E-state index contributed by atoms with van der Waals surface area (Å²) in [6.45, 7) is 3.12. The van der Waals surface area contributed by atoms with Gasteiger partial charge in [0, 0.05) is 0 Å². The van der Waals surface area contributed by atoms with Gasteiger partial charge in [0.05, 0.1) is 6.42 Å². The topological polar surface area (TPSA) is 121 Å². The van der Waals surface area contributed by atoms with Crippen LogP contribution in [0.15, 0.2) is 12.7 Å². The maximum absolute atomic E-state index is 10.2. The van der Waals surface area contributed by atoms with Crippen molar-refractivity contribution < 1.29 is 32.2 Å². The van der Waals surface area contributed by atoms with Crippen LogP contribution >= 0.6 is 0 Å². The molecule has 0 aliphatic heterocycles. The summed E-state index contributed by atoms with van der Waals surface area (Å²) < 4.78 is 32.7. The third kappa shape index (κ3) is 5.65. The Hall–Kier alpha value is -0.960. The predicted molar refractivity (Wildman–Crippen MR) is 44.9 cm³/mol. The van der Waals surface area contributed by atoms with E-state index in [0.717, 1.165) is 6.08 Å². The van der Waals surface area contributed by atoms with Gasteiger partial charge in [0.1, 0.15) is 12.2 Å². The van der Waals surface area contributed by atoms with E-state index < -0.39 is 35.0 Å². The van der Waals surface area contributed by atoms with Gasteiger partial charge in [0.25, 0.3) is 0 Å². The van der Waals surface area contributed by atoms with Crippen LogP contribution < -0.4 is 0 Å². The third-order valence-electron chi connectivity index (χ3n) is 1.24. The van der Waals surface area contributed by atoms with E-state index in [1.807, 2.05) is 0 Å². The normalized spacial score (nSPS) is 15.9. The van der Waals surface area contributed by atoms with Gasteiger partial charge in [-0.2, -0.15) is 8.42 Å². The minimum atomic E-state index is -4.80. The van der Waals surface area contributed by atoms with Crippen molar-refractivity contribution in [1.29, 1.82) is 0 Å². The number of rotatable bonds is 6. The molecular weight excluding hydrogens is 216 g/mol. The number of hydrogen-bond donors (Lipinski definition) is 3. The van der Waals surface area contributed by atoms with Crippen LogP contribution in [-0.4, -0.2) is 41.4 Å². The van der Waals surface area contributed by atoms with Crippen molar-refractivity contribution in [1.82, 2.24) is 0 Å². The molecule has 0 saturated heterocycles. The second-order valence-corrected chi connectivity index (χ2v) is 3.43. The number of carboxylic acid groups (broad SMARTS) is 1. The first-order valence-electron chi connectivity index (χ1n) is 3.44. The minimum Gasteiger partial charge on any atom is -0.481 e. The molecule has 0 bridgehead atoms. The third-order valence-corrected chi connectivity index (χ3v) is 1.73. The molecular formula is C6H10O7S. The van der Waals surface area contributed by atoms with Crippen LogP contribution in [0.3, 0.4) is 0 Å². The molecule has 0 aromatic carbocycles. The molecule has 0 aromatic rings. The van der Waals surface area contributed by atoms with Crippen LogP contribution in [0.2, 0.25) is 0 Å². The smallest absolute Gasteiger partial charge is 0.397 e. The summed E-state index contributed by atoms with van der Waals surface area (Å²) >= 11 is 0. The molecule has 0 aliphatic rings. The average Bonchev–Trinajstić information content (AvgIpc) is 1.98. The lowest BCUT2D eigenvalue weighted by atomic mass is 10.1. The fraction of sp³-hybridized carbons (Fsp3) is 0.500. The fourth-order valence-corrected chi connectivity index (χ4v) is 1.19. The minimum absolute atomic E-state index is 0.771. The molecule has 7 nitrogen and oxygen atoms in total. The highest BCUT2D eigenvalue weighted by atomic mass is 32.3. The second kappa shape index (κ2) is 5.05. The van der Waals surface area contributed by atoms with E-state index in [4.69, 9.17) is 14.8 Å². The molecule has 2 atom stereocenters. The zero-order chi connectivity index (χ0) is 11.4. The molecule has 3 N–H and O–H groups in total. The Balaban J connectivity index is 4.56. The molecule has 2 unspecified atom stereocenters. The molecule has 8 heteroatoms. The molecule has 0 saturated carbocycles. The lowest BCUT2D eigenvalue weighted by Crippen LogP contribution is -2.31. The van der Waals surface area contributed by atoms with Crippen molar-refractivity contribution in [3.8, 4) is 0 Å². The van der Waals surface area contributed by atoms with Crippen LogP contribution in [0.4, 0.5) is 0 Å². The Morgan fingerprint density at radius 2 is 2.07 bits per heavy atom. The number of aliphatic hydroxyl groups is 1. The molecule has 0 aliphatic carbocycles. The Kier molecular flexibility index (Phi) is 4.71. The fourth-order valence-electron chi connectivity index (χ4n) is 0.692. The summed E-state index contributed by atoms with van der Waals surface area (Å²) in [7, 11) is -4.80. The van der Waals surface area contributed by atoms with Crippen LogP contribution in [-0.2, 0) is 19.4 Å². The average molecular weight is 226 g/mol. The first-order chi connectivity index (χ1) is 6.26. The van der Waals surface area contributed by atoms with Crippen LogP contribution in [0.25, 0.3) is 0 Å².